The summed E-state index contributed by atoms with van der Waals surface area (Å²) in [4.78, 5) is 12.8. The van der Waals surface area contributed by atoms with Crippen molar-refractivity contribution in [2.75, 3.05) is 25.4 Å². The molecule has 0 amide bonds. The maximum Gasteiger partial charge on any atom is 0.194 e. The summed E-state index contributed by atoms with van der Waals surface area (Å²) in [6.45, 7) is 12.6. The molecule has 6 heteroatoms. The average molecular weight is 327 g/mol. The Bertz CT molecular complexity index is 470. The van der Waals surface area contributed by atoms with Crippen LogP contribution < -0.4 is 5.32 Å². The van der Waals surface area contributed by atoms with Crippen molar-refractivity contribution < 1.29 is 0 Å². The molecule has 0 radical (unpaired) electrons. The first-order valence-corrected chi connectivity index (χ1v) is 9.52. The number of thioether (sulfide) groups is 1. The quantitative estimate of drug-likeness (QED) is 0.682. The van der Waals surface area contributed by atoms with Crippen LogP contribution in [0.3, 0.4) is 0 Å². The molecule has 1 aromatic heterocycles. The van der Waals surface area contributed by atoms with Crippen molar-refractivity contribution in [3.63, 3.8) is 0 Å². The topological polar surface area (TPSA) is 40.5 Å². The van der Waals surface area contributed by atoms with E-state index in [1.54, 1.807) is 11.3 Å². The van der Waals surface area contributed by atoms with Crippen molar-refractivity contribution >= 4 is 29.1 Å². The fourth-order valence-corrected chi connectivity index (χ4v) is 4.35. The Morgan fingerprint density at radius 2 is 2.38 bits per heavy atom. The van der Waals surface area contributed by atoms with E-state index in [4.69, 9.17) is 4.99 Å². The number of hydrogen-bond donors (Lipinski definition) is 1. The van der Waals surface area contributed by atoms with Gasteiger partial charge in [0.15, 0.2) is 5.96 Å². The summed E-state index contributed by atoms with van der Waals surface area (Å²) in [5.74, 6) is 2.95. The highest BCUT2D eigenvalue weighted by Crippen LogP contribution is 2.25. The van der Waals surface area contributed by atoms with Gasteiger partial charge in [0.1, 0.15) is 0 Å². The zero-order chi connectivity index (χ0) is 15.2. The molecular formula is C15H26N4S2. The summed E-state index contributed by atoms with van der Waals surface area (Å²) in [6, 6.07) is 0. The van der Waals surface area contributed by atoms with E-state index in [9.17, 15) is 0 Å². The second-order valence-electron chi connectivity index (χ2n) is 5.62. The molecule has 4 nitrogen and oxygen atoms in total. The molecule has 1 aliphatic rings. The van der Waals surface area contributed by atoms with Gasteiger partial charge in [0.05, 0.1) is 11.6 Å². The molecule has 1 atom stereocenters. The highest BCUT2D eigenvalue weighted by Gasteiger charge is 2.24. The van der Waals surface area contributed by atoms with Crippen molar-refractivity contribution in [1.29, 1.82) is 0 Å². The lowest BCUT2D eigenvalue weighted by atomic mass is 10.1. The molecule has 118 valence electrons. The van der Waals surface area contributed by atoms with Gasteiger partial charge >= 0.3 is 0 Å². The Balaban J connectivity index is 2.03. The SMILES string of the molecule is CCNC(=NCc1cnc(C)s1)N1CCSC(C(C)C)C1. The van der Waals surface area contributed by atoms with E-state index >= 15 is 0 Å². The van der Waals surface area contributed by atoms with Gasteiger partial charge in [-0.05, 0) is 19.8 Å². The molecule has 0 saturated carbocycles. The number of aliphatic imine (C=N–C) groups is 1. The summed E-state index contributed by atoms with van der Waals surface area (Å²) < 4.78 is 0. The second kappa shape index (κ2) is 8.03. The number of thiazole rings is 1. The number of nitrogens with zero attached hydrogens (tertiary/aromatic N) is 3. The van der Waals surface area contributed by atoms with Crippen molar-refractivity contribution in [3.05, 3.63) is 16.1 Å². The van der Waals surface area contributed by atoms with Crippen molar-refractivity contribution in [2.24, 2.45) is 10.9 Å². The first-order chi connectivity index (χ1) is 10.1. The van der Waals surface area contributed by atoms with Gasteiger partial charge < -0.3 is 10.2 Å². The lowest BCUT2D eigenvalue weighted by Gasteiger charge is -2.36. The van der Waals surface area contributed by atoms with Crippen LogP contribution >= 0.6 is 23.1 Å². The minimum Gasteiger partial charge on any atom is -0.357 e. The van der Waals surface area contributed by atoms with Gasteiger partial charge in [0, 0.05) is 41.7 Å². The number of hydrogen-bond acceptors (Lipinski definition) is 4. The van der Waals surface area contributed by atoms with Gasteiger partial charge in [0.2, 0.25) is 0 Å². The number of guanidine groups is 1. The molecule has 2 heterocycles. The summed E-state index contributed by atoms with van der Waals surface area (Å²) in [5, 5.41) is 5.25. The summed E-state index contributed by atoms with van der Waals surface area (Å²) in [7, 11) is 0. The third-order valence-corrected chi connectivity index (χ3v) is 5.96. The predicted octanol–water partition coefficient (Wildman–Crippen LogP) is 2.99. The van der Waals surface area contributed by atoms with Crippen LogP contribution in [-0.4, -0.2) is 46.5 Å². The zero-order valence-corrected chi connectivity index (χ0v) is 15.1. The Kier molecular flexibility index (Phi) is 6.36. The molecule has 0 bridgehead atoms. The van der Waals surface area contributed by atoms with Gasteiger partial charge in [-0.25, -0.2) is 9.98 Å². The van der Waals surface area contributed by atoms with Gasteiger partial charge in [-0.1, -0.05) is 13.8 Å². The highest BCUT2D eigenvalue weighted by atomic mass is 32.2. The maximum atomic E-state index is 4.81. The van der Waals surface area contributed by atoms with E-state index in [1.165, 1.54) is 10.6 Å². The molecule has 21 heavy (non-hydrogen) atoms. The monoisotopic (exact) mass is 326 g/mol. The fraction of sp³-hybridized carbons (Fsp3) is 0.733. The fourth-order valence-electron chi connectivity index (χ4n) is 2.33. The number of nitrogens with one attached hydrogen (secondary N) is 1. The van der Waals surface area contributed by atoms with Crippen LogP contribution in [0.15, 0.2) is 11.2 Å². The van der Waals surface area contributed by atoms with Crippen molar-refractivity contribution in [2.45, 2.75) is 39.5 Å². The smallest absolute Gasteiger partial charge is 0.194 e. The molecule has 1 saturated heterocycles. The van der Waals surface area contributed by atoms with E-state index in [2.05, 4.69) is 47.7 Å². The molecule has 1 aliphatic heterocycles. The third kappa shape index (κ3) is 4.88. The molecule has 0 aliphatic carbocycles. The van der Waals surface area contributed by atoms with E-state index in [0.29, 0.717) is 11.2 Å². The summed E-state index contributed by atoms with van der Waals surface area (Å²) >= 11 is 3.83. The van der Waals surface area contributed by atoms with E-state index < -0.39 is 0 Å². The van der Waals surface area contributed by atoms with Crippen LogP contribution in [0.25, 0.3) is 0 Å². The minimum absolute atomic E-state index is 0.702. The third-order valence-electron chi connectivity index (χ3n) is 3.53. The molecule has 0 aromatic carbocycles. The van der Waals surface area contributed by atoms with Crippen LogP contribution in [0.4, 0.5) is 0 Å². The van der Waals surface area contributed by atoms with Gasteiger partial charge in [0.25, 0.3) is 0 Å². The Morgan fingerprint density at radius 1 is 1.57 bits per heavy atom. The van der Waals surface area contributed by atoms with E-state index in [1.807, 2.05) is 13.1 Å². The molecule has 1 aromatic rings. The van der Waals surface area contributed by atoms with Crippen LogP contribution in [0.2, 0.25) is 0 Å². The first-order valence-electron chi connectivity index (χ1n) is 7.66. The largest absolute Gasteiger partial charge is 0.357 e. The summed E-state index contributed by atoms with van der Waals surface area (Å²) in [6.07, 6.45) is 1.94. The first kappa shape index (κ1) is 16.6. The Hall–Kier alpha value is -0.750. The van der Waals surface area contributed by atoms with Gasteiger partial charge in [-0.15, -0.1) is 11.3 Å². The number of aryl methyl sites for hydroxylation is 1. The highest BCUT2D eigenvalue weighted by molar-refractivity contribution is 8.00. The predicted molar refractivity (Wildman–Crippen MR) is 94.3 cm³/mol. The Morgan fingerprint density at radius 3 is 3.00 bits per heavy atom. The zero-order valence-electron chi connectivity index (χ0n) is 13.4. The van der Waals surface area contributed by atoms with Crippen LogP contribution in [0, 0.1) is 12.8 Å². The number of aromatic nitrogens is 1. The standard InChI is InChI=1S/C15H26N4S2/c1-5-16-15(18-9-13-8-17-12(4)21-13)19-6-7-20-14(10-19)11(2)3/h8,11,14H,5-7,9-10H2,1-4H3,(H,16,18). The van der Waals surface area contributed by atoms with Crippen LogP contribution in [0.1, 0.15) is 30.7 Å². The van der Waals surface area contributed by atoms with Crippen molar-refractivity contribution in [3.8, 4) is 0 Å². The Labute approximate surface area is 136 Å². The molecular weight excluding hydrogens is 300 g/mol. The molecule has 1 N–H and O–H groups in total. The molecule has 1 fully saturated rings. The lowest BCUT2D eigenvalue weighted by Crippen LogP contribution is -2.49. The maximum absolute atomic E-state index is 4.81. The molecule has 2 rings (SSSR count). The van der Waals surface area contributed by atoms with Crippen molar-refractivity contribution in [1.82, 2.24) is 15.2 Å². The summed E-state index contributed by atoms with van der Waals surface area (Å²) in [5.41, 5.74) is 0. The second-order valence-corrected chi connectivity index (χ2v) is 8.28. The van der Waals surface area contributed by atoms with Crippen LogP contribution in [-0.2, 0) is 6.54 Å². The normalized spacial score (nSPS) is 20.1. The lowest BCUT2D eigenvalue weighted by molar-refractivity contribution is 0.381. The van der Waals surface area contributed by atoms with E-state index in [-0.39, 0.29) is 0 Å². The molecule has 0 spiro atoms. The molecule has 1 unspecified atom stereocenters. The average Bonchev–Trinajstić information content (AvgIpc) is 2.89. The number of rotatable bonds is 4. The van der Waals surface area contributed by atoms with E-state index in [0.717, 1.165) is 37.1 Å². The minimum atomic E-state index is 0.702. The van der Waals surface area contributed by atoms with Gasteiger partial charge in [-0.2, -0.15) is 11.8 Å². The van der Waals surface area contributed by atoms with Crippen LogP contribution in [0.5, 0.6) is 0 Å². The van der Waals surface area contributed by atoms with Gasteiger partial charge in [-0.3, -0.25) is 0 Å².